The normalized spacial score (nSPS) is 23.2. The smallest absolute Gasteiger partial charge is 0.164 e. The number of ketones is 1. The second-order valence-corrected chi connectivity index (χ2v) is 10.6. The summed E-state index contributed by atoms with van der Waals surface area (Å²) in [5, 5.41) is 10.4. The lowest BCUT2D eigenvalue weighted by Crippen LogP contribution is -2.38. The Labute approximate surface area is 202 Å². The van der Waals surface area contributed by atoms with Gasteiger partial charge in [0.15, 0.2) is 5.78 Å². The highest BCUT2D eigenvalue weighted by atomic mass is 35.5. The number of alkyl halides is 1. The van der Waals surface area contributed by atoms with Crippen LogP contribution in [0.15, 0.2) is 36.4 Å². The van der Waals surface area contributed by atoms with E-state index in [-0.39, 0.29) is 48.0 Å². The number of halogens is 4. The Morgan fingerprint density at radius 3 is 2.64 bits per heavy atom. The van der Waals surface area contributed by atoms with Gasteiger partial charge in [-0.2, -0.15) is 0 Å². The minimum atomic E-state index is -1.52. The molecule has 1 aliphatic rings. The van der Waals surface area contributed by atoms with E-state index in [1.807, 2.05) is 6.92 Å². The predicted octanol–water partition coefficient (Wildman–Crippen LogP) is 6.16. The van der Waals surface area contributed by atoms with Gasteiger partial charge in [-0.25, -0.2) is 13.2 Å². The second-order valence-electron chi connectivity index (χ2n) is 9.05. The number of benzene rings is 2. The molecule has 1 aliphatic carbocycles. The zero-order valence-corrected chi connectivity index (χ0v) is 20.4. The van der Waals surface area contributed by atoms with Crippen molar-refractivity contribution in [2.75, 3.05) is 5.75 Å². The zero-order chi connectivity index (χ0) is 24.3. The molecule has 0 amide bonds. The van der Waals surface area contributed by atoms with E-state index in [4.69, 9.17) is 11.6 Å². The number of rotatable bonds is 9. The topological polar surface area (TPSA) is 49.3 Å². The molecule has 0 bridgehead atoms. The van der Waals surface area contributed by atoms with Crippen molar-refractivity contribution in [3.05, 3.63) is 58.6 Å². The number of Topliss-reactive ketones (excluding diaryl/α,β-unsaturated/α-hetero) is 1. The number of hydrogen-bond donors (Lipinski definition) is 2. The first kappa shape index (κ1) is 26.1. The summed E-state index contributed by atoms with van der Waals surface area (Å²) in [5.41, 5.74) is -1.06. The van der Waals surface area contributed by atoms with E-state index in [0.717, 1.165) is 5.75 Å². The maximum Gasteiger partial charge on any atom is 0.164 e. The lowest BCUT2D eigenvalue weighted by molar-refractivity contribution is -0.135. The van der Waals surface area contributed by atoms with Crippen molar-refractivity contribution in [3.8, 4) is 11.1 Å². The molecular weight excluding hydrogens is 471 g/mol. The summed E-state index contributed by atoms with van der Waals surface area (Å²) < 4.78 is 48.1. The first-order valence-electron chi connectivity index (χ1n) is 11.0. The van der Waals surface area contributed by atoms with Crippen LogP contribution in [-0.2, 0) is 11.2 Å². The molecule has 0 spiro atoms. The quantitative estimate of drug-likeness (QED) is 0.406. The fourth-order valence-corrected chi connectivity index (χ4v) is 5.29. The second kappa shape index (κ2) is 10.8. The summed E-state index contributed by atoms with van der Waals surface area (Å²) in [6.45, 7) is 4.77. The number of hydrogen-bond acceptors (Lipinski definition) is 4. The molecule has 33 heavy (non-hydrogen) atoms. The van der Waals surface area contributed by atoms with Crippen LogP contribution in [0.2, 0.25) is 5.02 Å². The fraction of sp³-hybridized carbons (Fsp3) is 0.480. The highest BCUT2D eigenvalue weighted by Crippen LogP contribution is 2.41. The van der Waals surface area contributed by atoms with Crippen LogP contribution in [0, 0.1) is 23.5 Å². The van der Waals surface area contributed by atoms with Crippen molar-refractivity contribution in [2.24, 2.45) is 11.8 Å². The molecule has 0 aliphatic heterocycles. The predicted molar refractivity (Wildman–Crippen MR) is 128 cm³/mol. The van der Waals surface area contributed by atoms with E-state index < -0.39 is 29.4 Å². The monoisotopic (exact) mass is 499 g/mol. The molecule has 180 valence electrons. The van der Waals surface area contributed by atoms with Gasteiger partial charge in [-0.15, -0.1) is 0 Å². The Hall–Kier alpha value is -1.54. The van der Waals surface area contributed by atoms with E-state index in [1.165, 1.54) is 50.1 Å². The summed E-state index contributed by atoms with van der Waals surface area (Å²) >= 11 is 7.37. The Morgan fingerprint density at radius 1 is 1.24 bits per heavy atom. The SMILES string of the molecule is CCSN[C@@H]1[C@H](Cc2cccc(-c3cc(Cl)ccc3F)c2F)C(CC(=O)C(C)(C)O)C[C@@H]1F. The van der Waals surface area contributed by atoms with E-state index >= 15 is 4.39 Å². The van der Waals surface area contributed by atoms with Gasteiger partial charge in [0.2, 0.25) is 0 Å². The van der Waals surface area contributed by atoms with Gasteiger partial charge in [0.1, 0.15) is 23.4 Å². The van der Waals surface area contributed by atoms with Gasteiger partial charge >= 0.3 is 0 Å². The summed E-state index contributed by atoms with van der Waals surface area (Å²) in [6.07, 6.45) is -0.870. The Morgan fingerprint density at radius 2 is 1.97 bits per heavy atom. The maximum absolute atomic E-state index is 15.5. The Bertz CT molecular complexity index is 998. The zero-order valence-electron chi connectivity index (χ0n) is 18.9. The summed E-state index contributed by atoms with van der Waals surface area (Å²) in [4.78, 5) is 12.5. The van der Waals surface area contributed by atoms with Crippen LogP contribution < -0.4 is 4.72 Å². The summed E-state index contributed by atoms with van der Waals surface area (Å²) in [5.74, 6) is -1.56. The van der Waals surface area contributed by atoms with Crippen LogP contribution in [-0.4, -0.2) is 34.5 Å². The lowest BCUT2D eigenvalue weighted by atomic mass is 9.82. The number of nitrogens with one attached hydrogen (secondary N) is 1. The average molecular weight is 500 g/mol. The Balaban J connectivity index is 1.94. The molecule has 0 aromatic heterocycles. The van der Waals surface area contributed by atoms with E-state index in [2.05, 4.69) is 4.72 Å². The largest absolute Gasteiger partial charge is 0.383 e. The Kier molecular flexibility index (Phi) is 8.54. The number of carbonyl (C=O) groups is 1. The molecule has 8 heteroatoms. The third kappa shape index (κ3) is 6.13. The first-order chi connectivity index (χ1) is 15.5. The summed E-state index contributed by atoms with van der Waals surface area (Å²) in [7, 11) is 0. The maximum atomic E-state index is 15.5. The third-order valence-corrected chi connectivity index (χ3v) is 7.19. The van der Waals surface area contributed by atoms with E-state index in [9.17, 15) is 18.7 Å². The molecule has 1 unspecified atom stereocenters. The number of carbonyl (C=O) groups excluding carboxylic acids is 1. The van der Waals surface area contributed by atoms with Gasteiger partial charge in [-0.3, -0.25) is 9.52 Å². The molecule has 1 saturated carbocycles. The third-order valence-electron chi connectivity index (χ3n) is 6.23. The highest BCUT2D eigenvalue weighted by Gasteiger charge is 2.45. The molecule has 0 saturated heterocycles. The van der Waals surface area contributed by atoms with E-state index in [1.54, 1.807) is 12.1 Å². The minimum absolute atomic E-state index is 0.00773. The van der Waals surface area contributed by atoms with Gasteiger partial charge in [0.25, 0.3) is 0 Å². The van der Waals surface area contributed by atoms with Crippen molar-refractivity contribution in [3.63, 3.8) is 0 Å². The van der Waals surface area contributed by atoms with Crippen LogP contribution in [0.4, 0.5) is 13.2 Å². The van der Waals surface area contributed by atoms with Crippen molar-refractivity contribution >= 4 is 29.3 Å². The van der Waals surface area contributed by atoms with Gasteiger partial charge in [-0.05, 0) is 62.3 Å². The first-order valence-corrected chi connectivity index (χ1v) is 12.4. The van der Waals surface area contributed by atoms with Gasteiger partial charge in [-0.1, -0.05) is 48.7 Å². The van der Waals surface area contributed by atoms with Crippen LogP contribution in [0.5, 0.6) is 0 Å². The fourth-order valence-electron chi connectivity index (χ4n) is 4.43. The molecule has 1 fully saturated rings. The van der Waals surface area contributed by atoms with Crippen LogP contribution in [0.3, 0.4) is 0 Å². The van der Waals surface area contributed by atoms with Crippen molar-refractivity contribution in [1.82, 2.24) is 4.72 Å². The standard InChI is InChI=1S/C25H29ClF3NO2S/c1-4-33-30-24-18(15(11-21(24)28)12-22(31)25(2,3)32)10-14-6-5-7-17(23(14)29)19-13-16(26)8-9-20(19)27/h5-9,13,15,18,21,24,30,32H,4,10-12H2,1-3H3/t15?,18-,21+,24-/m1/s1. The van der Waals surface area contributed by atoms with Gasteiger partial charge in [0.05, 0.1) is 6.04 Å². The molecule has 2 N–H and O–H groups in total. The lowest BCUT2D eigenvalue weighted by Gasteiger charge is -2.27. The summed E-state index contributed by atoms with van der Waals surface area (Å²) in [6, 6.07) is 8.11. The van der Waals surface area contributed by atoms with Crippen molar-refractivity contribution < 1.29 is 23.1 Å². The van der Waals surface area contributed by atoms with Crippen molar-refractivity contribution in [2.45, 2.75) is 57.8 Å². The van der Waals surface area contributed by atoms with Crippen LogP contribution >= 0.6 is 23.5 Å². The molecule has 0 heterocycles. The van der Waals surface area contributed by atoms with Gasteiger partial charge < -0.3 is 5.11 Å². The van der Waals surface area contributed by atoms with Crippen LogP contribution in [0.1, 0.15) is 39.2 Å². The molecule has 2 aromatic rings. The highest BCUT2D eigenvalue weighted by molar-refractivity contribution is 7.97. The van der Waals surface area contributed by atoms with Gasteiger partial charge in [0, 0.05) is 28.3 Å². The number of aliphatic hydroxyl groups is 1. The molecule has 0 radical (unpaired) electrons. The molecule has 4 atom stereocenters. The molecule has 3 nitrogen and oxygen atoms in total. The molecular formula is C25H29ClF3NO2S. The molecule has 3 rings (SSSR count). The average Bonchev–Trinajstić information content (AvgIpc) is 3.03. The van der Waals surface area contributed by atoms with Crippen molar-refractivity contribution in [1.29, 1.82) is 0 Å². The molecule has 2 aromatic carbocycles. The minimum Gasteiger partial charge on any atom is -0.383 e. The van der Waals surface area contributed by atoms with Crippen LogP contribution in [0.25, 0.3) is 11.1 Å². The van der Waals surface area contributed by atoms with E-state index in [0.29, 0.717) is 10.6 Å².